The fraction of sp³-hybridized carbons (Fsp3) is 0.421. The number of hydrogen-bond acceptors (Lipinski definition) is 5. The minimum Gasteiger partial charge on any atom is -0.493 e. The predicted molar refractivity (Wildman–Crippen MR) is 91.5 cm³/mol. The van der Waals surface area contributed by atoms with E-state index < -0.39 is 0 Å². The number of carbonyl (C=O) groups excluding carboxylic acids is 1. The number of aromatic nitrogens is 2. The second kappa shape index (κ2) is 6.70. The van der Waals surface area contributed by atoms with Crippen molar-refractivity contribution < 1.29 is 14.3 Å². The maximum atomic E-state index is 12.5. The van der Waals surface area contributed by atoms with E-state index in [0.717, 1.165) is 37.9 Å². The molecule has 1 saturated carbocycles. The van der Waals surface area contributed by atoms with Crippen LogP contribution in [-0.2, 0) is 4.79 Å². The van der Waals surface area contributed by atoms with Crippen molar-refractivity contribution in [1.29, 1.82) is 0 Å². The topological polar surface area (TPSA) is 64.6 Å². The van der Waals surface area contributed by atoms with Crippen LogP contribution in [0.1, 0.15) is 37.4 Å². The summed E-state index contributed by atoms with van der Waals surface area (Å²) in [6.07, 6.45) is 7.28. The highest BCUT2D eigenvalue weighted by Crippen LogP contribution is 2.38. The number of likely N-dealkylation sites (tertiary alicyclic amines) is 1. The average molecular weight is 339 g/mol. The van der Waals surface area contributed by atoms with E-state index in [1.54, 1.807) is 19.5 Å². The lowest BCUT2D eigenvalue weighted by Crippen LogP contribution is -2.32. The lowest BCUT2D eigenvalue weighted by molar-refractivity contribution is -0.133. The summed E-state index contributed by atoms with van der Waals surface area (Å²) >= 11 is 0. The Morgan fingerprint density at radius 2 is 1.96 bits per heavy atom. The van der Waals surface area contributed by atoms with Crippen LogP contribution in [0, 0.1) is 5.92 Å². The molecule has 4 rings (SSSR count). The van der Waals surface area contributed by atoms with Crippen molar-refractivity contribution in [2.75, 3.05) is 13.7 Å². The lowest BCUT2D eigenvalue weighted by Gasteiger charge is -2.24. The van der Waals surface area contributed by atoms with Gasteiger partial charge in [0.2, 0.25) is 11.8 Å². The third kappa shape index (κ3) is 3.29. The van der Waals surface area contributed by atoms with Gasteiger partial charge in [-0.15, -0.1) is 0 Å². The van der Waals surface area contributed by atoms with Crippen LogP contribution in [0.25, 0.3) is 0 Å². The maximum Gasteiger partial charge on any atom is 0.238 e. The highest BCUT2D eigenvalue weighted by molar-refractivity contribution is 5.81. The van der Waals surface area contributed by atoms with Gasteiger partial charge in [0.15, 0.2) is 11.5 Å². The van der Waals surface area contributed by atoms with Gasteiger partial charge < -0.3 is 14.4 Å². The fourth-order valence-electron chi connectivity index (χ4n) is 3.29. The standard InChI is InChI=1S/C19H21N3O3/c1-24-16-6-2-3-7-17(16)25-18-12-20-11-14(21-18)15-5-4-10-22(15)19(23)13-8-9-13/h2-3,6-7,11-13,15H,4-5,8-10H2,1H3/t15-/m1/s1. The maximum absolute atomic E-state index is 12.5. The molecule has 130 valence electrons. The zero-order valence-corrected chi connectivity index (χ0v) is 14.2. The normalized spacial score (nSPS) is 19.7. The molecule has 0 bridgehead atoms. The van der Waals surface area contributed by atoms with Gasteiger partial charge in [0.25, 0.3) is 0 Å². The van der Waals surface area contributed by atoms with Gasteiger partial charge in [0.1, 0.15) is 0 Å². The van der Waals surface area contributed by atoms with Gasteiger partial charge in [0, 0.05) is 12.5 Å². The van der Waals surface area contributed by atoms with Crippen molar-refractivity contribution in [1.82, 2.24) is 14.9 Å². The molecule has 2 fully saturated rings. The number of amides is 1. The molecule has 1 amide bonds. The molecule has 1 aromatic carbocycles. The van der Waals surface area contributed by atoms with Crippen LogP contribution >= 0.6 is 0 Å². The molecule has 25 heavy (non-hydrogen) atoms. The average Bonchev–Trinajstić information content (AvgIpc) is 3.38. The van der Waals surface area contributed by atoms with Gasteiger partial charge in [0.05, 0.1) is 31.2 Å². The number of methoxy groups -OCH3 is 1. The zero-order valence-electron chi connectivity index (χ0n) is 14.2. The Bertz CT molecular complexity index is 776. The van der Waals surface area contributed by atoms with E-state index in [9.17, 15) is 4.79 Å². The zero-order chi connectivity index (χ0) is 17.2. The molecule has 1 aromatic heterocycles. The number of ether oxygens (including phenoxy) is 2. The number of benzene rings is 1. The number of para-hydroxylation sites is 2. The van der Waals surface area contributed by atoms with Crippen LogP contribution < -0.4 is 9.47 Å². The Morgan fingerprint density at radius 1 is 1.16 bits per heavy atom. The highest BCUT2D eigenvalue weighted by Gasteiger charge is 2.39. The van der Waals surface area contributed by atoms with Crippen molar-refractivity contribution in [3.8, 4) is 17.4 Å². The Hall–Kier alpha value is -2.63. The van der Waals surface area contributed by atoms with Gasteiger partial charge in [-0.05, 0) is 37.8 Å². The van der Waals surface area contributed by atoms with Crippen molar-refractivity contribution >= 4 is 5.91 Å². The number of rotatable bonds is 5. The third-order valence-electron chi connectivity index (χ3n) is 4.72. The molecule has 0 N–H and O–H groups in total. The quantitative estimate of drug-likeness (QED) is 0.836. The summed E-state index contributed by atoms with van der Waals surface area (Å²) < 4.78 is 11.2. The lowest BCUT2D eigenvalue weighted by atomic mass is 10.1. The summed E-state index contributed by atoms with van der Waals surface area (Å²) in [4.78, 5) is 23.3. The van der Waals surface area contributed by atoms with Crippen LogP contribution in [-0.4, -0.2) is 34.4 Å². The first-order chi connectivity index (χ1) is 12.3. The Kier molecular flexibility index (Phi) is 4.26. The van der Waals surface area contributed by atoms with Gasteiger partial charge in [-0.3, -0.25) is 9.78 Å². The first kappa shape index (κ1) is 15.9. The van der Waals surface area contributed by atoms with Crippen LogP contribution in [0.15, 0.2) is 36.7 Å². The number of carbonyl (C=O) groups is 1. The largest absolute Gasteiger partial charge is 0.493 e. The molecule has 0 unspecified atom stereocenters. The first-order valence-electron chi connectivity index (χ1n) is 8.69. The molecule has 2 heterocycles. The van der Waals surface area contributed by atoms with E-state index >= 15 is 0 Å². The highest BCUT2D eigenvalue weighted by atomic mass is 16.5. The molecule has 2 aliphatic rings. The van der Waals surface area contributed by atoms with E-state index in [-0.39, 0.29) is 17.9 Å². The van der Waals surface area contributed by atoms with Gasteiger partial charge in [-0.1, -0.05) is 12.1 Å². The predicted octanol–water partition coefficient (Wildman–Crippen LogP) is 3.35. The SMILES string of the molecule is COc1ccccc1Oc1cncc([C@H]2CCCN2C(=O)C2CC2)n1. The molecule has 1 aliphatic carbocycles. The van der Waals surface area contributed by atoms with Crippen molar-refractivity contribution in [3.63, 3.8) is 0 Å². The van der Waals surface area contributed by atoms with Crippen molar-refractivity contribution in [2.45, 2.75) is 31.7 Å². The fourth-order valence-corrected chi connectivity index (χ4v) is 3.29. The summed E-state index contributed by atoms with van der Waals surface area (Å²) in [6.45, 7) is 0.805. The van der Waals surface area contributed by atoms with Gasteiger partial charge >= 0.3 is 0 Å². The molecule has 6 nitrogen and oxygen atoms in total. The van der Waals surface area contributed by atoms with E-state index in [2.05, 4.69) is 9.97 Å². The van der Waals surface area contributed by atoms with Gasteiger partial charge in [-0.2, -0.15) is 0 Å². The van der Waals surface area contributed by atoms with Crippen molar-refractivity contribution in [3.05, 3.63) is 42.4 Å². The Balaban J connectivity index is 1.55. The minimum absolute atomic E-state index is 0.00168. The van der Waals surface area contributed by atoms with Crippen LogP contribution in [0.5, 0.6) is 17.4 Å². The molecule has 1 aliphatic heterocycles. The van der Waals surface area contributed by atoms with E-state index in [4.69, 9.17) is 9.47 Å². The third-order valence-corrected chi connectivity index (χ3v) is 4.72. The van der Waals surface area contributed by atoms with Crippen LogP contribution in [0.3, 0.4) is 0 Å². The number of hydrogen-bond donors (Lipinski definition) is 0. The number of nitrogens with zero attached hydrogens (tertiary/aromatic N) is 3. The van der Waals surface area contributed by atoms with E-state index in [0.29, 0.717) is 17.4 Å². The van der Waals surface area contributed by atoms with Crippen molar-refractivity contribution in [2.24, 2.45) is 5.92 Å². The molecule has 6 heteroatoms. The second-order valence-corrected chi connectivity index (χ2v) is 6.50. The molecule has 2 aromatic rings. The summed E-state index contributed by atoms with van der Waals surface area (Å²) in [5, 5.41) is 0. The summed E-state index contributed by atoms with van der Waals surface area (Å²) in [6, 6.07) is 7.42. The summed E-state index contributed by atoms with van der Waals surface area (Å²) in [7, 11) is 1.60. The van der Waals surface area contributed by atoms with Crippen LogP contribution in [0.4, 0.5) is 0 Å². The van der Waals surface area contributed by atoms with Crippen LogP contribution in [0.2, 0.25) is 0 Å². The smallest absolute Gasteiger partial charge is 0.238 e. The Morgan fingerprint density at radius 3 is 2.72 bits per heavy atom. The second-order valence-electron chi connectivity index (χ2n) is 6.50. The van der Waals surface area contributed by atoms with Gasteiger partial charge in [-0.25, -0.2) is 4.98 Å². The molecular formula is C19H21N3O3. The molecule has 0 radical (unpaired) electrons. The molecule has 0 spiro atoms. The Labute approximate surface area is 146 Å². The molecular weight excluding hydrogens is 318 g/mol. The first-order valence-corrected chi connectivity index (χ1v) is 8.69. The monoisotopic (exact) mass is 339 g/mol. The molecule has 1 atom stereocenters. The van der Waals surface area contributed by atoms with E-state index in [1.807, 2.05) is 29.2 Å². The van der Waals surface area contributed by atoms with E-state index in [1.165, 1.54) is 0 Å². The summed E-state index contributed by atoms with van der Waals surface area (Å²) in [5.41, 5.74) is 0.791. The summed E-state index contributed by atoms with van der Waals surface area (Å²) in [5.74, 6) is 2.13. The minimum atomic E-state index is 0.00168. The molecule has 1 saturated heterocycles.